The Kier molecular flexibility index (Phi) is 8.75. The zero-order valence-corrected chi connectivity index (χ0v) is 19.5. The Balaban J connectivity index is 2.26. The minimum atomic E-state index is -0.638. The molecule has 0 aromatic heterocycles. The maximum absolute atomic E-state index is 13.2. The number of halogens is 1. The lowest BCUT2D eigenvalue weighted by Gasteiger charge is -2.33. The van der Waals surface area contributed by atoms with Gasteiger partial charge < -0.3 is 19.7 Å². The number of benzene rings is 2. The Morgan fingerprint density at radius 2 is 1.77 bits per heavy atom. The first-order chi connectivity index (χ1) is 14.6. The molecule has 168 valence electrons. The van der Waals surface area contributed by atoms with Crippen molar-refractivity contribution < 1.29 is 19.1 Å². The van der Waals surface area contributed by atoms with Crippen molar-refractivity contribution in [1.29, 1.82) is 0 Å². The number of rotatable bonds is 9. The van der Waals surface area contributed by atoms with E-state index in [0.29, 0.717) is 22.9 Å². The molecule has 0 spiro atoms. The number of carbonyl (C=O) groups is 2. The fraction of sp³-hybridized carbons (Fsp3) is 0.417. The van der Waals surface area contributed by atoms with Crippen LogP contribution in [0.2, 0.25) is 5.02 Å². The second kappa shape index (κ2) is 11.0. The number of hydrogen-bond donors (Lipinski definition) is 1. The highest BCUT2D eigenvalue weighted by Crippen LogP contribution is 2.20. The Bertz CT molecular complexity index is 895. The number of carbonyl (C=O) groups excluding carboxylic acids is 2. The SMILES string of the molecule is CC[C@H](C(=O)NC(C)(C)C)N(Cc1cccc(OC)c1)C(=O)COc1cccc(Cl)c1. The molecule has 7 heteroatoms. The maximum Gasteiger partial charge on any atom is 0.261 e. The van der Waals surface area contributed by atoms with Crippen molar-refractivity contribution in [2.75, 3.05) is 13.7 Å². The number of hydrogen-bond acceptors (Lipinski definition) is 4. The van der Waals surface area contributed by atoms with Crippen molar-refractivity contribution in [3.05, 3.63) is 59.1 Å². The monoisotopic (exact) mass is 446 g/mol. The molecule has 1 N–H and O–H groups in total. The molecule has 0 aliphatic heterocycles. The first-order valence-corrected chi connectivity index (χ1v) is 10.6. The largest absolute Gasteiger partial charge is 0.497 e. The van der Waals surface area contributed by atoms with Crippen LogP contribution in [0.25, 0.3) is 0 Å². The number of methoxy groups -OCH3 is 1. The highest BCUT2D eigenvalue weighted by molar-refractivity contribution is 6.30. The zero-order chi connectivity index (χ0) is 23.0. The Labute approximate surface area is 189 Å². The molecule has 1 atom stereocenters. The first-order valence-electron chi connectivity index (χ1n) is 10.3. The van der Waals surface area contributed by atoms with E-state index in [4.69, 9.17) is 21.1 Å². The van der Waals surface area contributed by atoms with Crippen LogP contribution in [0, 0.1) is 0 Å². The van der Waals surface area contributed by atoms with Crippen LogP contribution in [0.4, 0.5) is 0 Å². The van der Waals surface area contributed by atoms with Gasteiger partial charge in [0.2, 0.25) is 5.91 Å². The molecule has 0 heterocycles. The number of nitrogens with one attached hydrogen (secondary N) is 1. The third-order valence-corrected chi connectivity index (χ3v) is 4.76. The molecule has 6 nitrogen and oxygen atoms in total. The third-order valence-electron chi connectivity index (χ3n) is 4.53. The molecule has 0 saturated heterocycles. The van der Waals surface area contributed by atoms with Crippen LogP contribution < -0.4 is 14.8 Å². The molecule has 0 unspecified atom stereocenters. The fourth-order valence-corrected chi connectivity index (χ4v) is 3.30. The van der Waals surface area contributed by atoms with Crippen LogP contribution >= 0.6 is 11.6 Å². The topological polar surface area (TPSA) is 67.9 Å². The summed E-state index contributed by atoms with van der Waals surface area (Å²) in [6.07, 6.45) is 0.467. The van der Waals surface area contributed by atoms with Gasteiger partial charge in [-0.15, -0.1) is 0 Å². The summed E-state index contributed by atoms with van der Waals surface area (Å²) in [7, 11) is 1.59. The van der Waals surface area contributed by atoms with E-state index in [1.165, 1.54) is 0 Å². The van der Waals surface area contributed by atoms with Crippen molar-refractivity contribution in [3.8, 4) is 11.5 Å². The third kappa shape index (κ3) is 7.79. The average Bonchev–Trinajstić information content (AvgIpc) is 2.70. The molecule has 2 amide bonds. The average molecular weight is 447 g/mol. The van der Waals surface area contributed by atoms with Gasteiger partial charge in [0.1, 0.15) is 17.5 Å². The van der Waals surface area contributed by atoms with Gasteiger partial charge in [-0.3, -0.25) is 9.59 Å². The molecule has 2 aromatic rings. The van der Waals surface area contributed by atoms with Gasteiger partial charge in [0.25, 0.3) is 5.91 Å². The molecule has 0 fully saturated rings. The van der Waals surface area contributed by atoms with E-state index < -0.39 is 11.6 Å². The number of amides is 2. The molecule has 0 radical (unpaired) electrons. The maximum atomic E-state index is 13.2. The summed E-state index contributed by atoms with van der Waals surface area (Å²) in [4.78, 5) is 27.7. The van der Waals surface area contributed by atoms with Crippen molar-refractivity contribution in [3.63, 3.8) is 0 Å². The summed E-state index contributed by atoms with van der Waals surface area (Å²) in [6.45, 7) is 7.67. The molecule has 2 rings (SSSR count). The number of nitrogens with zero attached hydrogens (tertiary/aromatic N) is 1. The quantitative estimate of drug-likeness (QED) is 0.617. The van der Waals surface area contributed by atoms with E-state index >= 15 is 0 Å². The van der Waals surface area contributed by atoms with Crippen molar-refractivity contribution in [2.24, 2.45) is 0 Å². The van der Waals surface area contributed by atoms with Crippen LogP contribution in [0.5, 0.6) is 11.5 Å². The van der Waals surface area contributed by atoms with Gasteiger partial charge in [-0.25, -0.2) is 0 Å². The van der Waals surface area contributed by atoms with E-state index in [1.807, 2.05) is 52.0 Å². The summed E-state index contributed by atoms with van der Waals surface area (Å²) in [6, 6.07) is 13.7. The molecule has 0 saturated carbocycles. The van der Waals surface area contributed by atoms with Gasteiger partial charge in [0.05, 0.1) is 7.11 Å². The minimum Gasteiger partial charge on any atom is -0.497 e. The summed E-state index contributed by atoms with van der Waals surface area (Å²) in [5.41, 5.74) is 0.449. The summed E-state index contributed by atoms with van der Waals surface area (Å²) in [5, 5.41) is 3.50. The van der Waals surface area contributed by atoms with Gasteiger partial charge in [0, 0.05) is 17.1 Å². The van der Waals surface area contributed by atoms with Gasteiger partial charge in [-0.2, -0.15) is 0 Å². The van der Waals surface area contributed by atoms with Crippen LogP contribution in [-0.4, -0.2) is 42.0 Å². The highest BCUT2D eigenvalue weighted by Gasteiger charge is 2.31. The predicted molar refractivity (Wildman–Crippen MR) is 122 cm³/mol. The van der Waals surface area contributed by atoms with Gasteiger partial charge in [-0.05, 0) is 63.1 Å². The molecule has 31 heavy (non-hydrogen) atoms. The smallest absolute Gasteiger partial charge is 0.261 e. The van der Waals surface area contributed by atoms with Crippen molar-refractivity contribution in [2.45, 2.75) is 52.2 Å². The molecule has 2 aromatic carbocycles. The first kappa shape index (κ1) is 24.5. The lowest BCUT2D eigenvalue weighted by molar-refractivity contribution is -0.143. The highest BCUT2D eigenvalue weighted by atomic mass is 35.5. The minimum absolute atomic E-state index is 0.200. The Morgan fingerprint density at radius 1 is 1.10 bits per heavy atom. The van der Waals surface area contributed by atoms with Gasteiger partial charge in [-0.1, -0.05) is 36.7 Å². The van der Waals surface area contributed by atoms with E-state index in [9.17, 15) is 9.59 Å². The second-order valence-electron chi connectivity index (χ2n) is 8.28. The Hall–Kier alpha value is -2.73. The van der Waals surface area contributed by atoms with E-state index in [0.717, 1.165) is 5.56 Å². The van der Waals surface area contributed by atoms with Crippen molar-refractivity contribution >= 4 is 23.4 Å². The van der Waals surface area contributed by atoms with Crippen LogP contribution in [-0.2, 0) is 16.1 Å². The number of ether oxygens (including phenoxy) is 2. The summed E-state index contributed by atoms with van der Waals surface area (Å²) < 4.78 is 10.9. The lowest BCUT2D eigenvalue weighted by atomic mass is 10.1. The molecule has 0 bridgehead atoms. The molecule has 0 aliphatic rings. The van der Waals surface area contributed by atoms with E-state index in [-0.39, 0.29) is 25.0 Å². The standard InChI is InChI=1S/C24H31ClN2O4/c1-6-21(23(29)26-24(2,3)4)27(15-17-9-7-11-19(13-17)30-5)22(28)16-31-20-12-8-10-18(25)14-20/h7-14,21H,6,15-16H2,1-5H3,(H,26,29)/t21-/m1/s1. The summed E-state index contributed by atoms with van der Waals surface area (Å²) >= 11 is 5.99. The predicted octanol–water partition coefficient (Wildman–Crippen LogP) is 4.45. The van der Waals surface area contributed by atoms with Crippen LogP contribution in [0.15, 0.2) is 48.5 Å². The molecule has 0 aliphatic carbocycles. The van der Waals surface area contributed by atoms with Crippen molar-refractivity contribution in [1.82, 2.24) is 10.2 Å². The zero-order valence-electron chi connectivity index (χ0n) is 18.8. The Morgan fingerprint density at radius 3 is 2.39 bits per heavy atom. The molecular weight excluding hydrogens is 416 g/mol. The fourth-order valence-electron chi connectivity index (χ4n) is 3.12. The van der Waals surface area contributed by atoms with E-state index in [1.54, 1.807) is 36.3 Å². The van der Waals surface area contributed by atoms with Gasteiger partial charge >= 0.3 is 0 Å². The molecular formula is C24H31ClN2O4. The normalized spacial score (nSPS) is 12.1. The summed E-state index contributed by atoms with van der Waals surface area (Å²) in [5.74, 6) is 0.689. The van der Waals surface area contributed by atoms with Crippen LogP contribution in [0.1, 0.15) is 39.7 Å². The lowest BCUT2D eigenvalue weighted by Crippen LogP contribution is -2.54. The van der Waals surface area contributed by atoms with Gasteiger partial charge in [0.15, 0.2) is 6.61 Å². The van der Waals surface area contributed by atoms with E-state index in [2.05, 4.69) is 5.32 Å². The van der Waals surface area contributed by atoms with Crippen LogP contribution in [0.3, 0.4) is 0 Å². The second-order valence-corrected chi connectivity index (χ2v) is 8.72.